The van der Waals surface area contributed by atoms with Gasteiger partial charge in [-0.3, -0.25) is 0 Å². The van der Waals surface area contributed by atoms with E-state index in [1.165, 1.54) is 0 Å². The van der Waals surface area contributed by atoms with Gasteiger partial charge in [0.25, 0.3) is 0 Å². The largest absolute Gasteiger partial charge is 0.390 e. The van der Waals surface area contributed by atoms with Gasteiger partial charge in [-0.1, -0.05) is 6.08 Å². The molecule has 3 nitrogen and oxygen atoms in total. The zero-order valence-electron chi connectivity index (χ0n) is 7.01. The molecule has 0 unspecified atom stereocenters. The summed E-state index contributed by atoms with van der Waals surface area (Å²) in [4.78, 5) is 2.22. The van der Waals surface area contributed by atoms with E-state index in [2.05, 4.69) is 10.2 Å². The molecule has 0 aromatic heterocycles. The predicted molar refractivity (Wildman–Crippen MR) is 45.3 cm³/mol. The smallest absolute Gasteiger partial charge is 0.0826 e. The molecule has 0 bridgehead atoms. The Kier molecular flexibility index (Phi) is 3.39. The van der Waals surface area contributed by atoms with Crippen LogP contribution in [0, 0.1) is 0 Å². The Hall–Kier alpha value is -0.540. The van der Waals surface area contributed by atoms with Crippen LogP contribution in [0.25, 0.3) is 0 Å². The third-order valence-electron chi connectivity index (χ3n) is 2.02. The van der Waals surface area contributed by atoms with Crippen molar-refractivity contribution < 1.29 is 5.11 Å². The lowest BCUT2D eigenvalue weighted by Gasteiger charge is -2.30. The van der Waals surface area contributed by atoms with E-state index in [-0.39, 0.29) is 6.61 Å². The summed E-state index contributed by atoms with van der Waals surface area (Å²) >= 11 is 0. The molecule has 1 rings (SSSR count). The standard InChI is InChI=1S/C8H16N2O/c1-2-8(7-11)10-5-3-9-4-6-10/h2,9,11H,3-7H2,1H3/b8-2+. The summed E-state index contributed by atoms with van der Waals surface area (Å²) in [6.07, 6.45) is 1.98. The molecule has 0 amide bonds. The molecular weight excluding hydrogens is 140 g/mol. The number of nitrogens with one attached hydrogen (secondary N) is 1. The molecule has 0 aliphatic carbocycles. The first-order valence-corrected chi connectivity index (χ1v) is 4.10. The fourth-order valence-corrected chi connectivity index (χ4v) is 1.33. The minimum absolute atomic E-state index is 0.163. The quantitative estimate of drug-likeness (QED) is 0.580. The SMILES string of the molecule is C/C=C(\CO)N1CCNCC1. The molecule has 2 N–H and O–H groups in total. The molecule has 1 saturated heterocycles. The highest BCUT2D eigenvalue weighted by atomic mass is 16.3. The molecule has 11 heavy (non-hydrogen) atoms. The van der Waals surface area contributed by atoms with E-state index in [0.717, 1.165) is 31.9 Å². The molecule has 64 valence electrons. The monoisotopic (exact) mass is 156 g/mol. The van der Waals surface area contributed by atoms with Crippen LogP contribution in [0.3, 0.4) is 0 Å². The first-order valence-electron chi connectivity index (χ1n) is 4.10. The highest BCUT2D eigenvalue weighted by molar-refractivity contribution is 5.00. The fourth-order valence-electron chi connectivity index (χ4n) is 1.33. The lowest BCUT2D eigenvalue weighted by Crippen LogP contribution is -2.43. The second-order valence-corrected chi connectivity index (χ2v) is 2.68. The third kappa shape index (κ3) is 2.20. The van der Waals surface area contributed by atoms with Crippen LogP contribution in [-0.4, -0.2) is 42.8 Å². The van der Waals surface area contributed by atoms with E-state index in [1.54, 1.807) is 0 Å². The average Bonchev–Trinajstić information content (AvgIpc) is 2.09. The summed E-state index contributed by atoms with van der Waals surface area (Å²) in [6.45, 7) is 6.21. The van der Waals surface area contributed by atoms with E-state index in [0.29, 0.717) is 0 Å². The maximum absolute atomic E-state index is 8.95. The summed E-state index contributed by atoms with van der Waals surface area (Å²) in [5.41, 5.74) is 1.05. The maximum atomic E-state index is 8.95. The normalized spacial score (nSPS) is 20.5. The van der Waals surface area contributed by atoms with Crippen molar-refractivity contribution in [2.24, 2.45) is 0 Å². The Labute approximate surface area is 67.7 Å². The van der Waals surface area contributed by atoms with Gasteiger partial charge in [0.15, 0.2) is 0 Å². The summed E-state index contributed by atoms with van der Waals surface area (Å²) in [5.74, 6) is 0. The molecule has 1 heterocycles. The van der Waals surface area contributed by atoms with Crippen LogP contribution >= 0.6 is 0 Å². The van der Waals surface area contributed by atoms with E-state index in [4.69, 9.17) is 5.11 Å². The van der Waals surface area contributed by atoms with Crippen LogP contribution in [0.2, 0.25) is 0 Å². The predicted octanol–water partition coefficient (Wildman–Crippen LogP) is -0.212. The van der Waals surface area contributed by atoms with E-state index in [1.807, 2.05) is 13.0 Å². The second-order valence-electron chi connectivity index (χ2n) is 2.68. The Bertz CT molecular complexity index is 139. The Balaban J connectivity index is 2.43. The van der Waals surface area contributed by atoms with Crippen molar-refractivity contribution in [1.82, 2.24) is 10.2 Å². The molecular formula is C8H16N2O. The lowest BCUT2D eigenvalue weighted by atomic mass is 10.3. The van der Waals surface area contributed by atoms with E-state index < -0.39 is 0 Å². The van der Waals surface area contributed by atoms with Crippen LogP contribution in [0.5, 0.6) is 0 Å². The Morgan fingerprint density at radius 3 is 2.64 bits per heavy atom. The second kappa shape index (κ2) is 4.36. The van der Waals surface area contributed by atoms with E-state index in [9.17, 15) is 0 Å². The van der Waals surface area contributed by atoms with Gasteiger partial charge in [-0.15, -0.1) is 0 Å². The van der Waals surface area contributed by atoms with Crippen LogP contribution in [0.1, 0.15) is 6.92 Å². The van der Waals surface area contributed by atoms with Gasteiger partial charge in [-0.25, -0.2) is 0 Å². The van der Waals surface area contributed by atoms with E-state index >= 15 is 0 Å². The molecule has 0 aromatic carbocycles. The molecule has 0 radical (unpaired) electrons. The Morgan fingerprint density at radius 1 is 1.55 bits per heavy atom. The number of aliphatic hydroxyl groups is 1. The Morgan fingerprint density at radius 2 is 2.18 bits per heavy atom. The minimum atomic E-state index is 0.163. The summed E-state index contributed by atoms with van der Waals surface area (Å²) in [6, 6.07) is 0. The molecule has 0 spiro atoms. The fraction of sp³-hybridized carbons (Fsp3) is 0.750. The number of aliphatic hydroxyl groups excluding tert-OH is 1. The van der Waals surface area contributed by atoms with Crippen molar-refractivity contribution in [2.75, 3.05) is 32.8 Å². The summed E-state index contributed by atoms with van der Waals surface area (Å²) < 4.78 is 0. The van der Waals surface area contributed by atoms with Gasteiger partial charge in [0.1, 0.15) is 0 Å². The highest BCUT2D eigenvalue weighted by Crippen LogP contribution is 2.03. The molecule has 1 fully saturated rings. The molecule has 0 atom stereocenters. The average molecular weight is 156 g/mol. The molecule has 1 aliphatic heterocycles. The first-order chi connectivity index (χ1) is 5.38. The van der Waals surface area contributed by atoms with Gasteiger partial charge >= 0.3 is 0 Å². The van der Waals surface area contributed by atoms with Gasteiger partial charge in [0, 0.05) is 31.9 Å². The van der Waals surface area contributed by atoms with Crippen LogP contribution in [0.4, 0.5) is 0 Å². The van der Waals surface area contributed by atoms with Crippen LogP contribution in [0.15, 0.2) is 11.8 Å². The van der Waals surface area contributed by atoms with Crippen molar-refractivity contribution in [1.29, 1.82) is 0 Å². The maximum Gasteiger partial charge on any atom is 0.0826 e. The van der Waals surface area contributed by atoms with Crippen molar-refractivity contribution in [3.63, 3.8) is 0 Å². The number of piperazine rings is 1. The lowest BCUT2D eigenvalue weighted by molar-refractivity contribution is 0.233. The van der Waals surface area contributed by atoms with Crippen molar-refractivity contribution in [2.45, 2.75) is 6.92 Å². The van der Waals surface area contributed by atoms with Crippen molar-refractivity contribution in [3.8, 4) is 0 Å². The van der Waals surface area contributed by atoms with Crippen LogP contribution < -0.4 is 5.32 Å². The van der Waals surface area contributed by atoms with Crippen molar-refractivity contribution in [3.05, 3.63) is 11.8 Å². The highest BCUT2D eigenvalue weighted by Gasteiger charge is 2.10. The third-order valence-corrected chi connectivity index (χ3v) is 2.02. The van der Waals surface area contributed by atoms with Crippen molar-refractivity contribution >= 4 is 0 Å². The van der Waals surface area contributed by atoms with Gasteiger partial charge in [0.05, 0.1) is 6.61 Å². The molecule has 0 saturated carbocycles. The summed E-state index contributed by atoms with van der Waals surface area (Å²) in [5, 5.41) is 12.2. The molecule has 0 aromatic rings. The topological polar surface area (TPSA) is 35.5 Å². The van der Waals surface area contributed by atoms with Gasteiger partial charge in [-0.05, 0) is 6.92 Å². The van der Waals surface area contributed by atoms with Gasteiger partial charge in [0.2, 0.25) is 0 Å². The summed E-state index contributed by atoms with van der Waals surface area (Å²) in [7, 11) is 0. The zero-order chi connectivity index (χ0) is 8.10. The first kappa shape index (κ1) is 8.56. The minimum Gasteiger partial charge on any atom is -0.390 e. The molecule has 3 heteroatoms. The number of rotatable bonds is 2. The number of nitrogens with zero attached hydrogens (tertiary/aromatic N) is 1. The van der Waals surface area contributed by atoms with Crippen LogP contribution in [-0.2, 0) is 0 Å². The number of hydrogen-bond acceptors (Lipinski definition) is 3. The molecule has 1 aliphatic rings. The number of hydrogen-bond donors (Lipinski definition) is 2. The zero-order valence-corrected chi connectivity index (χ0v) is 7.01. The van der Waals surface area contributed by atoms with Gasteiger partial charge in [-0.2, -0.15) is 0 Å². The number of allylic oxidation sites excluding steroid dienone is 1. The van der Waals surface area contributed by atoms with Gasteiger partial charge < -0.3 is 15.3 Å².